The Labute approximate surface area is 173 Å². The first kappa shape index (κ1) is 21.1. The quantitative estimate of drug-likeness (QED) is 0.515. The number of sulfonamides is 1. The number of nitrogens with one attached hydrogen (secondary N) is 2. The van der Waals surface area contributed by atoms with E-state index >= 15 is 0 Å². The first-order valence-corrected chi connectivity index (χ1v) is 11.8. The molecule has 0 saturated carbocycles. The van der Waals surface area contributed by atoms with Crippen LogP contribution in [-0.4, -0.2) is 44.6 Å². The molecule has 0 amide bonds. The lowest BCUT2D eigenvalue weighted by Gasteiger charge is -2.18. The van der Waals surface area contributed by atoms with Crippen LogP contribution in [0.4, 0.5) is 5.69 Å². The van der Waals surface area contributed by atoms with Crippen LogP contribution in [0.5, 0.6) is 5.75 Å². The number of rotatable bonds is 7. The first-order chi connectivity index (χ1) is 13.5. The van der Waals surface area contributed by atoms with Gasteiger partial charge in [0.25, 0.3) is 0 Å². The second-order valence-electron chi connectivity index (χ2n) is 7.21. The van der Waals surface area contributed by atoms with E-state index < -0.39 is 10.0 Å². The monoisotopic (exact) mass is 423 g/mol. The van der Waals surface area contributed by atoms with Crippen molar-refractivity contribution in [1.29, 1.82) is 0 Å². The van der Waals surface area contributed by atoms with Crippen LogP contribution in [0, 0.1) is 0 Å². The van der Waals surface area contributed by atoms with Crippen molar-refractivity contribution in [2.75, 3.05) is 32.1 Å². The molecule has 28 heavy (non-hydrogen) atoms. The minimum atomic E-state index is -3.49. The van der Waals surface area contributed by atoms with Crippen molar-refractivity contribution < 1.29 is 13.2 Å². The van der Waals surface area contributed by atoms with Gasteiger partial charge in [-0.15, -0.1) is 0 Å². The van der Waals surface area contributed by atoms with Crippen LogP contribution >= 0.6 is 12.2 Å². The molecule has 1 heterocycles. The van der Waals surface area contributed by atoms with Gasteiger partial charge in [-0.05, 0) is 75.4 Å². The fraction of sp³-hybridized carbons (Fsp3) is 0.550. The van der Waals surface area contributed by atoms with Crippen molar-refractivity contribution in [2.45, 2.75) is 49.8 Å². The minimum Gasteiger partial charge on any atom is -0.495 e. The average molecular weight is 424 g/mol. The second-order valence-corrected chi connectivity index (χ2v) is 9.56. The standard InChI is InChI=1S/C20H29N3O3S2/c1-26-19-10-9-17(28(24,25)23-13-5-6-14-23)15-18(19)22-20(27)21-12-11-16-7-3-2-4-8-16/h7,9-10,15H,2-6,8,11-14H2,1H3,(H2,21,22,27). The Kier molecular flexibility index (Phi) is 7.31. The maximum atomic E-state index is 12.8. The summed E-state index contributed by atoms with van der Waals surface area (Å²) in [5, 5.41) is 6.77. The molecule has 1 aromatic rings. The van der Waals surface area contributed by atoms with Crippen molar-refractivity contribution in [3.05, 3.63) is 29.8 Å². The van der Waals surface area contributed by atoms with Crippen LogP contribution in [0.15, 0.2) is 34.7 Å². The molecule has 8 heteroatoms. The zero-order chi connectivity index (χ0) is 20.0. The molecule has 1 aliphatic carbocycles. The molecule has 2 aliphatic rings. The lowest BCUT2D eigenvalue weighted by molar-refractivity contribution is 0.416. The van der Waals surface area contributed by atoms with Gasteiger partial charge in [-0.3, -0.25) is 0 Å². The van der Waals surface area contributed by atoms with Crippen molar-refractivity contribution in [3.8, 4) is 5.75 Å². The topological polar surface area (TPSA) is 70.7 Å². The maximum Gasteiger partial charge on any atom is 0.243 e. The van der Waals surface area contributed by atoms with E-state index in [1.807, 2.05) is 0 Å². The first-order valence-electron chi connectivity index (χ1n) is 9.91. The predicted octanol–water partition coefficient (Wildman–Crippen LogP) is 3.66. The van der Waals surface area contributed by atoms with Gasteiger partial charge in [0.15, 0.2) is 5.11 Å². The van der Waals surface area contributed by atoms with Crippen LogP contribution < -0.4 is 15.4 Å². The molecule has 2 N–H and O–H groups in total. The molecule has 3 rings (SSSR count). The van der Waals surface area contributed by atoms with Gasteiger partial charge in [-0.2, -0.15) is 4.31 Å². The number of allylic oxidation sites excluding steroid dienone is 1. The van der Waals surface area contributed by atoms with Gasteiger partial charge >= 0.3 is 0 Å². The highest BCUT2D eigenvalue weighted by Crippen LogP contribution is 2.30. The summed E-state index contributed by atoms with van der Waals surface area (Å²) in [5.74, 6) is 0.555. The van der Waals surface area contributed by atoms with Crippen LogP contribution in [0.25, 0.3) is 0 Å². The number of benzene rings is 1. The van der Waals surface area contributed by atoms with E-state index in [-0.39, 0.29) is 4.90 Å². The summed E-state index contributed by atoms with van der Waals surface area (Å²) in [7, 11) is -1.93. The highest BCUT2D eigenvalue weighted by molar-refractivity contribution is 7.89. The summed E-state index contributed by atoms with van der Waals surface area (Å²) in [5.41, 5.74) is 2.04. The summed E-state index contributed by atoms with van der Waals surface area (Å²) in [4.78, 5) is 0.257. The number of hydrogen-bond acceptors (Lipinski definition) is 4. The van der Waals surface area contributed by atoms with Crippen molar-refractivity contribution >= 4 is 33.0 Å². The predicted molar refractivity (Wildman–Crippen MR) is 116 cm³/mol. The number of hydrogen-bond donors (Lipinski definition) is 2. The van der Waals surface area contributed by atoms with Crippen molar-refractivity contribution in [2.24, 2.45) is 0 Å². The van der Waals surface area contributed by atoms with E-state index in [9.17, 15) is 8.42 Å². The Hall–Kier alpha value is -1.64. The third-order valence-electron chi connectivity index (χ3n) is 5.24. The zero-order valence-corrected chi connectivity index (χ0v) is 18.0. The van der Waals surface area contributed by atoms with Crippen molar-refractivity contribution in [1.82, 2.24) is 9.62 Å². The van der Waals surface area contributed by atoms with E-state index in [0.717, 1.165) is 25.8 Å². The Morgan fingerprint density at radius 1 is 1.21 bits per heavy atom. The minimum absolute atomic E-state index is 0.257. The van der Waals surface area contributed by atoms with E-state index in [4.69, 9.17) is 17.0 Å². The largest absolute Gasteiger partial charge is 0.495 e. The highest BCUT2D eigenvalue weighted by Gasteiger charge is 2.27. The lowest BCUT2D eigenvalue weighted by Crippen LogP contribution is -2.30. The average Bonchev–Trinajstić information content (AvgIpc) is 3.24. The Morgan fingerprint density at radius 2 is 2.00 bits per heavy atom. The molecule has 0 unspecified atom stereocenters. The van der Waals surface area contributed by atoms with Crippen LogP contribution in [0.2, 0.25) is 0 Å². The molecule has 0 radical (unpaired) electrons. The summed E-state index contributed by atoms with van der Waals surface area (Å²) in [6.07, 6.45) is 10.0. The van der Waals surface area contributed by atoms with Gasteiger partial charge in [-0.25, -0.2) is 8.42 Å². The molecule has 0 atom stereocenters. The smallest absolute Gasteiger partial charge is 0.243 e. The molecular weight excluding hydrogens is 394 g/mol. The third-order valence-corrected chi connectivity index (χ3v) is 7.38. The molecule has 0 spiro atoms. The third kappa shape index (κ3) is 5.24. The molecule has 0 bridgehead atoms. The number of nitrogens with zero attached hydrogens (tertiary/aromatic N) is 1. The van der Waals surface area contributed by atoms with Gasteiger partial charge in [0.1, 0.15) is 5.75 Å². The highest BCUT2D eigenvalue weighted by atomic mass is 32.2. The number of methoxy groups -OCH3 is 1. The van der Waals surface area contributed by atoms with Crippen molar-refractivity contribution in [3.63, 3.8) is 0 Å². The summed E-state index contributed by atoms with van der Waals surface area (Å²) in [6.45, 7) is 1.91. The van der Waals surface area contributed by atoms with Gasteiger partial charge in [-0.1, -0.05) is 11.6 Å². The van der Waals surface area contributed by atoms with Crippen LogP contribution in [0.3, 0.4) is 0 Å². The Bertz CT molecular complexity index is 831. The van der Waals surface area contributed by atoms with E-state index in [1.54, 1.807) is 25.3 Å². The van der Waals surface area contributed by atoms with Crippen LogP contribution in [0.1, 0.15) is 44.9 Å². The SMILES string of the molecule is COc1ccc(S(=O)(=O)N2CCCC2)cc1NC(=S)NCCC1=CCCCC1. The molecule has 154 valence electrons. The second kappa shape index (κ2) is 9.71. The zero-order valence-electron chi connectivity index (χ0n) is 16.4. The molecule has 6 nitrogen and oxygen atoms in total. The normalized spacial score (nSPS) is 17.8. The molecule has 1 aliphatic heterocycles. The summed E-state index contributed by atoms with van der Waals surface area (Å²) in [6, 6.07) is 4.86. The fourth-order valence-electron chi connectivity index (χ4n) is 3.66. The Balaban J connectivity index is 1.64. The van der Waals surface area contributed by atoms with E-state index in [1.165, 1.54) is 35.6 Å². The molecule has 1 saturated heterocycles. The van der Waals surface area contributed by atoms with Gasteiger partial charge < -0.3 is 15.4 Å². The molecule has 1 fully saturated rings. The fourth-order valence-corrected chi connectivity index (χ4v) is 5.41. The maximum absolute atomic E-state index is 12.8. The molecule has 1 aromatic carbocycles. The summed E-state index contributed by atoms with van der Waals surface area (Å²) < 4.78 is 32.5. The Morgan fingerprint density at radius 3 is 2.68 bits per heavy atom. The number of thiocarbonyl (C=S) groups is 1. The molecule has 0 aromatic heterocycles. The van der Waals surface area contributed by atoms with Gasteiger partial charge in [0.05, 0.1) is 17.7 Å². The summed E-state index contributed by atoms with van der Waals surface area (Å²) >= 11 is 5.40. The van der Waals surface area contributed by atoms with E-state index in [2.05, 4.69) is 16.7 Å². The number of ether oxygens (including phenoxy) is 1. The van der Waals surface area contributed by atoms with Crippen LogP contribution in [-0.2, 0) is 10.0 Å². The number of anilines is 1. The van der Waals surface area contributed by atoms with Gasteiger partial charge in [0, 0.05) is 19.6 Å². The lowest BCUT2D eigenvalue weighted by atomic mass is 9.97. The van der Waals surface area contributed by atoms with E-state index in [0.29, 0.717) is 29.6 Å². The molecular formula is C20H29N3O3S2. The van der Waals surface area contributed by atoms with Gasteiger partial charge in [0.2, 0.25) is 10.0 Å².